The molecule has 7 nitrogen and oxygen atoms in total. The number of benzene rings is 1. The Morgan fingerprint density at radius 1 is 1.21 bits per heavy atom. The van der Waals surface area contributed by atoms with E-state index < -0.39 is 5.97 Å². The number of aryl methyl sites for hydroxylation is 2. The molecule has 0 atom stereocenters. The van der Waals surface area contributed by atoms with Gasteiger partial charge in [-0.2, -0.15) is 5.10 Å². The summed E-state index contributed by atoms with van der Waals surface area (Å²) in [4.78, 5) is 25.3. The van der Waals surface area contributed by atoms with Gasteiger partial charge in [-0.05, 0) is 56.7 Å². The van der Waals surface area contributed by atoms with Gasteiger partial charge in [0, 0.05) is 25.7 Å². The molecule has 0 unspecified atom stereocenters. The Morgan fingerprint density at radius 3 is 2.66 bits per heavy atom. The zero-order valence-corrected chi connectivity index (χ0v) is 17.1. The van der Waals surface area contributed by atoms with E-state index in [1.165, 1.54) is 11.8 Å². The fourth-order valence-corrected chi connectivity index (χ4v) is 3.61. The zero-order chi connectivity index (χ0) is 20.8. The molecular formula is C22H29N3O4. The number of aromatic nitrogens is 2. The van der Waals surface area contributed by atoms with Gasteiger partial charge in [-0.3, -0.25) is 9.48 Å². The van der Waals surface area contributed by atoms with E-state index in [2.05, 4.69) is 17.2 Å². The first-order valence-corrected chi connectivity index (χ1v) is 10.2. The van der Waals surface area contributed by atoms with Crippen LogP contribution in [0.25, 0.3) is 0 Å². The molecule has 156 valence electrons. The van der Waals surface area contributed by atoms with Gasteiger partial charge in [-0.1, -0.05) is 12.1 Å². The minimum Gasteiger partial charge on any atom is -0.493 e. The van der Waals surface area contributed by atoms with Crippen LogP contribution in [0.5, 0.6) is 5.75 Å². The number of unbranched alkanes of at least 4 members (excludes halogenated alkanes) is 1. The molecule has 3 rings (SSSR count). The van der Waals surface area contributed by atoms with Crippen molar-refractivity contribution < 1.29 is 19.4 Å². The minimum atomic E-state index is -0.967. The number of carboxylic acid groups (broad SMARTS) is 1. The van der Waals surface area contributed by atoms with E-state index in [9.17, 15) is 9.59 Å². The van der Waals surface area contributed by atoms with Gasteiger partial charge >= 0.3 is 5.97 Å². The number of rotatable bonds is 8. The summed E-state index contributed by atoms with van der Waals surface area (Å²) in [5.74, 6) is 0.135. The van der Waals surface area contributed by atoms with Crippen molar-refractivity contribution >= 4 is 11.9 Å². The Kier molecular flexibility index (Phi) is 6.90. The molecule has 2 heterocycles. The number of aromatic carboxylic acids is 1. The van der Waals surface area contributed by atoms with Crippen molar-refractivity contribution in [2.75, 3.05) is 19.7 Å². The summed E-state index contributed by atoms with van der Waals surface area (Å²) in [5.41, 5.74) is 2.51. The highest BCUT2D eigenvalue weighted by molar-refractivity contribution is 5.86. The Morgan fingerprint density at radius 2 is 1.97 bits per heavy atom. The molecule has 2 aromatic rings. The standard InChI is InChI=1S/C22H29N3O4/c1-16-6-7-17(2)20(13-16)29-12-4-3-5-21(26)24-10-8-19(9-11-24)25-15-18(14-23-25)22(27)28/h6-7,13-15,19H,3-5,8-12H2,1-2H3,(H,27,28). The monoisotopic (exact) mass is 399 g/mol. The zero-order valence-electron chi connectivity index (χ0n) is 17.1. The van der Waals surface area contributed by atoms with Gasteiger partial charge < -0.3 is 14.7 Å². The topological polar surface area (TPSA) is 84.7 Å². The van der Waals surface area contributed by atoms with E-state index >= 15 is 0 Å². The van der Waals surface area contributed by atoms with Crippen molar-refractivity contribution in [1.29, 1.82) is 0 Å². The highest BCUT2D eigenvalue weighted by Gasteiger charge is 2.24. The number of carboxylic acids is 1. The van der Waals surface area contributed by atoms with Crippen molar-refractivity contribution in [2.24, 2.45) is 0 Å². The minimum absolute atomic E-state index is 0.151. The Hall–Kier alpha value is -2.83. The number of amides is 1. The average molecular weight is 399 g/mol. The molecule has 0 aliphatic carbocycles. The number of ether oxygens (including phenoxy) is 1. The second-order valence-electron chi connectivity index (χ2n) is 7.70. The number of carbonyl (C=O) groups excluding carboxylic acids is 1. The van der Waals surface area contributed by atoms with E-state index in [1.54, 1.807) is 10.9 Å². The number of piperidine rings is 1. The molecule has 1 aliphatic rings. The van der Waals surface area contributed by atoms with E-state index in [1.807, 2.05) is 24.8 Å². The van der Waals surface area contributed by atoms with Crippen LogP contribution >= 0.6 is 0 Å². The number of hydrogen-bond acceptors (Lipinski definition) is 4. The van der Waals surface area contributed by atoms with Crippen LogP contribution in [0.4, 0.5) is 0 Å². The second kappa shape index (κ2) is 9.58. The highest BCUT2D eigenvalue weighted by atomic mass is 16.5. The SMILES string of the molecule is Cc1ccc(C)c(OCCCCC(=O)N2CCC(n3cc(C(=O)O)cn3)CC2)c1. The van der Waals surface area contributed by atoms with Crippen LogP contribution in [0.3, 0.4) is 0 Å². The normalized spacial score (nSPS) is 14.8. The van der Waals surface area contributed by atoms with Crippen molar-refractivity contribution in [2.45, 2.75) is 52.0 Å². The molecule has 0 spiro atoms. The van der Waals surface area contributed by atoms with Crippen molar-refractivity contribution in [3.63, 3.8) is 0 Å². The smallest absolute Gasteiger partial charge is 0.338 e. The molecule has 1 aliphatic heterocycles. The lowest BCUT2D eigenvalue weighted by atomic mass is 10.0. The predicted molar refractivity (Wildman–Crippen MR) is 109 cm³/mol. The lowest BCUT2D eigenvalue weighted by molar-refractivity contribution is -0.132. The predicted octanol–water partition coefficient (Wildman–Crippen LogP) is 3.61. The first kappa shape index (κ1) is 20.9. The molecule has 0 bridgehead atoms. The summed E-state index contributed by atoms with van der Waals surface area (Å²) in [6.07, 6.45) is 6.72. The third kappa shape index (κ3) is 5.59. The Labute approximate surface area is 171 Å². The van der Waals surface area contributed by atoms with Crippen LogP contribution in [0.1, 0.15) is 59.6 Å². The summed E-state index contributed by atoms with van der Waals surface area (Å²) >= 11 is 0. The molecule has 1 aromatic heterocycles. The number of likely N-dealkylation sites (tertiary alicyclic amines) is 1. The summed E-state index contributed by atoms with van der Waals surface area (Å²) in [6.45, 7) is 6.07. The molecule has 0 radical (unpaired) electrons. The van der Waals surface area contributed by atoms with E-state index in [-0.39, 0.29) is 17.5 Å². The molecular weight excluding hydrogens is 370 g/mol. The van der Waals surface area contributed by atoms with Crippen LogP contribution in [0.15, 0.2) is 30.6 Å². The maximum atomic E-state index is 12.5. The maximum Gasteiger partial charge on any atom is 0.338 e. The first-order chi connectivity index (χ1) is 13.9. The van der Waals surface area contributed by atoms with Gasteiger partial charge in [0.05, 0.1) is 24.4 Å². The van der Waals surface area contributed by atoms with Crippen LogP contribution in [0, 0.1) is 13.8 Å². The van der Waals surface area contributed by atoms with E-state index in [0.29, 0.717) is 26.1 Å². The van der Waals surface area contributed by atoms with Gasteiger partial charge in [0.1, 0.15) is 5.75 Å². The summed E-state index contributed by atoms with van der Waals surface area (Å²) in [6, 6.07) is 6.33. The van der Waals surface area contributed by atoms with Crippen LogP contribution in [0.2, 0.25) is 0 Å². The lowest BCUT2D eigenvalue weighted by Crippen LogP contribution is -2.39. The molecule has 7 heteroatoms. The van der Waals surface area contributed by atoms with Crippen LogP contribution < -0.4 is 4.74 Å². The molecule has 0 saturated carbocycles. The highest BCUT2D eigenvalue weighted by Crippen LogP contribution is 2.23. The summed E-state index contributed by atoms with van der Waals surface area (Å²) in [5, 5.41) is 13.2. The van der Waals surface area contributed by atoms with Crippen molar-refractivity contribution in [3.8, 4) is 5.75 Å². The van der Waals surface area contributed by atoms with E-state index in [4.69, 9.17) is 9.84 Å². The number of hydrogen-bond donors (Lipinski definition) is 1. The maximum absolute atomic E-state index is 12.5. The fourth-order valence-electron chi connectivity index (χ4n) is 3.61. The first-order valence-electron chi connectivity index (χ1n) is 10.2. The van der Waals surface area contributed by atoms with Crippen LogP contribution in [-0.4, -0.2) is 51.4 Å². The van der Waals surface area contributed by atoms with Crippen LogP contribution in [-0.2, 0) is 4.79 Å². The van der Waals surface area contributed by atoms with Gasteiger partial charge in [0.25, 0.3) is 0 Å². The average Bonchev–Trinajstić information content (AvgIpc) is 3.21. The molecule has 29 heavy (non-hydrogen) atoms. The molecule has 1 aromatic carbocycles. The van der Waals surface area contributed by atoms with Crippen molar-refractivity contribution in [1.82, 2.24) is 14.7 Å². The van der Waals surface area contributed by atoms with Crippen molar-refractivity contribution in [3.05, 3.63) is 47.3 Å². The molecule has 1 saturated heterocycles. The summed E-state index contributed by atoms with van der Waals surface area (Å²) < 4.78 is 7.57. The lowest BCUT2D eigenvalue weighted by Gasteiger charge is -2.32. The Balaban J connectivity index is 1.35. The summed E-state index contributed by atoms with van der Waals surface area (Å²) in [7, 11) is 0. The van der Waals surface area contributed by atoms with E-state index in [0.717, 1.165) is 37.0 Å². The van der Waals surface area contributed by atoms with Gasteiger partial charge in [0.15, 0.2) is 0 Å². The third-order valence-corrected chi connectivity index (χ3v) is 5.43. The number of carbonyl (C=O) groups is 2. The molecule has 1 N–H and O–H groups in total. The van der Waals surface area contributed by atoms with Gasteiger partial charge in [-0.15, -0.1) is 0 Å². The fraction of sp³-hybridized carbons (Fsp3) is 0.500. The van der Waals surface area contributed by atoms with Gasteiger partial charge in [0.2, 0.25) is 5.91 Å². The quantitative estimate of drug-likeness (QED) is 0.686. The van der Waals surface area contributed by atoms with Gasteiger partial charge in [-0.25, -0.2) is 4.79 Å². The third-order valence-electron chi connectivity index (χ3n) is 5.43. The largest absolute Gasteiger partial charge is 0.493 e. The molecule has 1 fully saturated rings. The Bertz CT molecular complexity index is 853. The number of nitrogens with zero attached hydrogens (tertiary/aromatic N) is 3. The molecule has 1 amide bonds. The second-order valence-corrected chi connectivity index (χ2v) is 7.70.